The van der Waals surface area contributed by atoms with E-state index in [1.807, 2.05) is 0 Å². The number of ether oxygens (including phenoxy) is 3. The second kappa shape index (κ2) is 59.4. The Morgan fingerprint density at radius 1 is 0.296 bits per heavy atom. The summed E-state index contributed by atoms with van der Waals surface area (Å²) in [7, 11) is 0. The molecular formula is C65H114O6. The zero-order valence-corrected chi connectivity index (χ0v) is 47.0. The molecule has 0 aromatic carbocycles. The van der Waals surface area contributed by atoms with Gasteiger partial charge in [-0.2, -0.15) is 0 Å². The lowest BCUT2D eigenvalue weighted by molar-refractivity contribution is -0.167. The minimum absolute atomic E-state index is 0.0754. The summed E-state index contributed by atoms with van der Waals surface area (Å²) in [6.45, 7) is 6.50. The first-order valence-electron chi connectivity index (χ1n) is 30.4. The van der Waals surface area contributed by atoms with E-state index < -0.39 is 6.10 Å². The zero-order valence-electron chi connectivity index (χ0n) is 47.0. The number of hydrogen-bond acceptors (Lipinski definition) is 6. The van der Waals surface area contributed by atoms with Crippen molar-refractivity contribution in [2.75, 3.05) is 13.2 Å². The van der Waals surface area contributed by atoms with Crippen LogP contribution in [-0.2, 0) is 28.6 Å². The molecule has 71 heavy (non-hydrogen) atoms. The molecular weight excluding hydrogens is 877 g/mol. The summed E-state index contributed by atoms with van der Waals surface area (Å²) >= 11 is 0. The molecule has 0 N–H and O–H groups in total. The summed E-state index contributed by atoms with van der Waals surface area (Å²) in [5.74, 6) is -0.875. The molecule has 410 valence electrons. The van der Waals surface area contributed by atoms with Crippen LogP contribution in [0.2, 0.25) is 0 Å². The summed E-state index contributed by atoms with van der Waals surface area (Å²) in [4.78, 5) is 38.1. The van der Waals surface area contributed by atoms with Gasteiger partial charge >= 0.3 is 17.9 Å². The monoisotopic (exact) mass is 991 g/mol. The number of allylic oxidation sites excluding steroid dienone is 12. The summed E-state index contributed by atoms with van der Waals surface area (Å²) in [6.07, 6.45) is 76.3. The molecule has 0 radical (unpaired) electrons. The SMILES string of the molecule is CC/C=C\C/C=C\C/C=C\C/C=C\CCCCCCCCCCCCCCCCC(=O)OCC(COC(=O)CCCCCCCCCCC)OC(=O)CCCCCCCCC/C=C\C/C=C\CCCCC. The maximum atomic E-state index is 12.8. The molecule has 0 saturated carbocycles. The van der Waals surface area contributed by atoms with Gasteiger partial charge in [-0.3, -0.25) is 14.4 Å². The highest BCUT2D eigenvalue weighted by atomic mass is 16.6. The van der Waals surface area contributed by atoms with Crippen LogP contribution in [0.15, 0.2) is 72.9 Å². The Balaban J connectivity index is 4.18. The van der Waals surface area contributed by atoms with Gasteiger partial charge in [0.1, 0.15) is 13.2 Å². The van der Waals surface area contributed by atoms with Crippen molar-refractivity contribution in [3.8, 4) is 0 Å². The largest absolute Gasteiger partial charge is 0.462 e. The third-order valence-corrected chi connectivity index (χ3v) is 13.2. The van der Waals surface area contributed by atoms with Crippen molar-refractivity contribution >= 4 is 17.9 Å². The molecule has 0 aliphatic heterocycles. The molecule has 0 aliphatic carbocycles. The van der Waals surface area contributed by atoms with E-state index in [1.165, 1.54) is 167 Å². The molecule has 0 aromatic rings. The first-order valence-corrected chi connectivity index (χ1v) is 30.4. The zero-order chi connectivity index (χ0) is 51.4. The lowest BCUT2D eigenvalue weighted by Crippen LogP contribution is -2.30. The van der Waals surface area contributed by atoms with Crippen molar-refractivity contribution in [1.29, 1.82) is 0 Å². The van der Waals surface area contributed by atoms with Crippen LogP contribution in [0.5, 0.6) is 0 Å². The van der Waals surface area contributed by atoms with Crippen molar-refractivity contribution in [3.05, 3.63) is 72.9 Å². The van der Waals surface area contributed by atoms with Crippen LogP contribution < -0.4 is 0 Å². The van der Waals surface area contributed by atoms with Crippen LogP contribution in [0, 0.1) is 0 Å². The van der Waals surface area contributed by atoms with Crippen LogP contribution in [0.1, 0.15) is 303 Å². The highest BCUT2D eigenvalue weighted by Gasteiger charge is 2.19. The van der Waals surface area contributed by atoms with E-state index in [-0.39, 0.29) is 31.1 Å². The molecule has 6 nitrogen and oxygen atoms in total. The fourth-order valence-electron chi connectivity index (χ4n) is 8.64. The topological polar surface area (TPSA) is 78.9 Å². The van der Waals surface area contributed by atoms with Gasteiger partial charge in [0, 0.05) is 19.3 Å². The first-order chi connectivity index (χ1) is 35.0. The highest BCUT2D eigenvalue weighted by molar-refractivity contribution is 5.71. The molecule has 6 heteroatoms. The molecule has 1 atom stereocenters. The molecule has 0 rings (SSSR count). The van der Waals surface area contributed by atoms with Crippen molar-refractivity contribution in [2.24, 2.45) is 0 Å². The number of unbranched alkanes of at least 4 members (excludes halogenated alkanes) is 32. The van der Waals surface area contributed by atoms with Crippen LogP contribution in [0.4, 0.5) is 0 Å². The Labute approximate surface area is 440 Å². The molecule has 0 aromatic heterocycles. The van der Waals surface area contributed by atoms with Crippen molar-refractivity contribution in [3.63, 3.8) is 0 Å². The Kier molecular flexibility index (Phi) is 56.8. The molecule has 0 bridgehead atoms. The van der Waals surface area contributed by atoms with E-state index >= 15 is 0 Å². The fourth-order valence-corrected chi connectivity index (χ4v) is 8.64. The van der Waals surface area contributed by atoms with E-state index in [1.54, 1.807) is 0 Å². The fraction of sp³-hybridized carbons (Fsp3) is 0.769. The van der Waals surface area contributed by atoms with E-state index in [2.05, 4.69) is 93.7 Å². The number of carbonyl (C=O) groups excluding carboxylic acids is 3. The van der Waals surface area contributed by atoms with Crippen LogP contribution in [0.3, 0.4) is 0 Å². The van der Waals surface area contributed by atoms with Gasteiger partial charge in [0.2, 0.25) is 0 Å². The Morgan fingerprint density at radius 3 is 0.887 bits per heavy atom. The lowest BCUT2D eigenvalue weighted by atomic mass is 10.0. The molecule has 1 unspecified atom stereocenters. The average molecular weight is 992 g/mol. The normalized spacial score (nSPS) is 12.5. The average Bonchev–Trinajstić information content (AvgIpc) is 3.37. The lowest BCUT2D eigenvalue weighted by Gasteiger charge is -2.18. The summed E-state index contributed by atoms with van der Waals surface area (Å²) in [5, 5.41) is 0. The molecule has 0 fully saturated rings. The van der Waals surface area contributed by atoms with Gasteiger partial charge in [-0.25, -0.2) is 0 Å². The van der Waals surface area contributed by atoms with Gasteiger partial charge in [-0.05, 0) is 89.9 Å². The van der Waals surface area contributed by atoms with E-state index in [0.29, 0.717) is 19.3 Å². The summed E-state index contributed by atoms with van der Waals surface area (Å²) in [5.41, 5.74) is 0. The third kappa shape index (κ3) is 57.6. The van der Waals surface area contributed by atoms with E-state index in [9.17, 15) is 14.4 Å². The quantitative estimate of drug-likeness (QED) is 0.0261. The number of carbonyl (C=O) groups is 3. The molecule has 0 saturated heterocycles. The van der Waals surface area contributed by atoms with Crippen LogP contribution >= 0.6 is 0 Å². The van der Waals surface area contributed by atoms with Gasteiger partial charge in [0.05, 0.1) is 0 Å². The van der Waals surface area contributed by atoms with Crippen molar-refractivity contribution in [1.82, 2.24) is 0 Å². The summed E-state index contributed by atoms with van der Waals surface area (Å²) < 4.78 is 16.9. The maximum absolute atomic E-state index is 12.8. The number of rotatable bonds is 55. The molecule has 0 spiro atoms. The van der Waals surface area contributed by atoms with Gasteiger partial charge in [0.15, 0.2) is 6.10 Å². The van der Waals surface area contributed by atoms with Gasteiger partial charge in [-0.15, -0.1) is 0 Å². The maximum Gasteiger partial charge on any atom is 0.306 e. The van der Waals surface area contributed by atoms with Gasteiger partial charge in [0.25, 0.3) is 0 Å². The van der Waals surface area contributed by atoms with E-state index in [4.69, 9.17) is 14.2 Å². The second-order valence-corrected chi connectivity index (χ2v) is 20.2. The Morgan fingerprint density at radius 2 is 0.549 bits per heavy atom. The minimum atomic E-state index is -0.776. The smallest absolute Gasteiger partial charge is 0.306 e. The minimum Gasteiger partial charge on any atom is -0.462 e. The summed E-state index contributed by atoms with van der Waals surface area (Å²) in [6, 6.07) is 0. The van der Waals surface area contributed by atoms with Crippen molar-refractivity contribution < 1.29 is 28.6 Å². The Hall–Kier alpha value is -3.15. The predicted octanol–water partition coefficient (Wildman–Crippen LogP) is 20.5. The first kappa shape index (κ1) is 67.8. The van der Waals surface area contributed by atoms with Gasteiger partial charge < -0.3 is 14.2 Å². The third-order valence-electron chi connectivity index (χ3n) is 13.2. The number of hydrogen-bond donors (Lipinski definition) is 0. The molecule has 0 amide bonds. The standard InChI is InChI=1S/C65H114O6/c1-4-7-10-13-16-19-21-23-25-27-28-29-30-31-32-33-34-35-36-38-39-41-43-46-49-52-55-58-64(67)70-61-62(60-69-63(66)57-54-51-48-45-18-15-12-9-6-3)71-65(68)59-56-53-50-47-44-42-40-37-26-24-22-20-17-14-11-8-5-2/h7,10,16-17,19-20,23-26,28-29,62H,4-6,8-9,11-15,18,21-22,27,30-61H2,1-3H3/b10-7-,19-16-,20-17-,25-23-,26-24-,29-28-. The number of esters is 3. The predicted molar refractivity (Wildman–Crippen MR) is 307 cm³/mol. The molecule has 0 heterocycles. The van der Waals surface area contributed by atoms with Gasteiger partial charge in [-0.1, -0.05) is 267 Å². The highest BCUT2D eigenvalue weighted by Crippen LogP contribution is 2.16. The van der Waals surface area contributed by atoms with E-state index in [0.717, 1.165) is 96.3 Å². The van der Waals surface area contributed by atoms with Crippen LogP contribution in [0.25, 0.3) is 0 Å². The molecule has 0 aliphatic rings. The Bertz CT molecular complexity index is 1320. The van der Waals surface area contributed by atoms with Crippen LogP contribution in [-0.4, -0.2) is 37.2 Å². The second-order valence-electron chi connectivity index (χ2n) is 20.2. The van der Waals surface area contributed by atoms with Crippen molar-refractivity contribution in [2.45, 2.75) is 309 Å².